The Labute approximate surface area is 117 Å². The van der Waals surface area contributed by atoms with Crippen molar-refractivity contribution in [3.63, 3.8) is 0 Å². The highest BCUT2D eigenvalue weighted by atomic mass is 32.1. The molecule has 3 atom stereocenters. The fourth-order valence-corrected chi connectivity index (χ4v) is 3.26. The van der Waals surface area contributed by atoms with E-state index >= 15 is 0 Å². The molecule has 1 saturated carbocycles. The number of rotatable bonds is 3. The second-order valence-electron chi connectivity index (χ2n) is 4.93. The monoisotopic (exact) mass is 299 g/mol. The number of nitrogens with zero attached hydrogens (tertiary/aromatic N) is 1. The number of halogens is 3. The predicted molar refractivity (Wildman–Crippen MR) is 69.4 cm³/mol. The number of aromatic nitrogens is 1. The number of aliphatic hydroxyl groups excluding tert-OH is 1. The van der Waals surface area contributed by atoms with Crippen LogP contribution in [-0.4, -0.2) is 10.1 Å². The molecule has 1 heterocycles. The summed E-state index contributed by atoms with van der Waals surface area (Å²) in [6.07, 6.45) is -3.37. The second-order valence-corrected chi connectivity index (χ2v) is 5.99. The van der Waals surface area contributed by atoms with Gasteiger partial charge in [-0.1, -0.05) is 30.3 Å². The molecule has 1 N–H and O–H groups in total. The molecular weight excluding hydrogens is 287 g/mol. The van der Waals surface area contributed by atoms with Crippen LogP contribution >= 0.6 is 11.3 Å². The Morgan fingerprint density at radius 3 is 2.55 bits per heavy atom. The van der Waals surface area contributed by atoms with Gasteiger partial charge in [-0.25, -0.2) is 4.98 Å². The van der Waals surface area contributed by atoms with E-state index in [1.165, 1.54) is 0 Å². The second kappa shape index (κ2) is 4.86. The molecule has 3 rings (SSSR count). The first-order chi connectivity index (χ1) is 9.47. The van der Waals surface area contributed by atoms with Crippen molar-refractivity contribution in [2.45, 2.75) is 24.6 Å². The maximum atomic E-state index is 12.5. The van der Waals surface area contributed by atoms with Gasteiger partial charge >= 0.3 is 6.18 Å². The lowest BCUT2D eigenvalue weighted by Crippen LogP contribution is -2.03. The molecule has 0 spiro atoms. The molecule has 2 nitrogen and oxygen atoms in total. The van der Waals surface area contributed by atoms with Crippen molar-refractivity contribution in [2.24, 2.45) is 5.92 Å². The summed E-state index contributed by atoms with van der Waals surface area (Å²) >= 11 is 0.527. The molecule has 6 heteroatoms. The summed E-state index contributed by atoms with van der Waals surface area (Å²) < 4.78 is 37.5. The van der Waals surface area contributed by atoms with E-state index in [1.807, 2.05) is 30.3 Å². The van der Waals surface area contributed by atoms with Crippen LogP contribution in [0.15, 0.2) is 36.5 Å². The van der Waals surface area contributed by atoms with Crippen LogP contribution in [0.5, 0.6) is 0 Å². The summed E-state index contributed by atoms with van der Waals surface area (Å²) in [6.45, 7) is 0. The van der Waals surface area contributed by atoms with Crippen LogP contribution in [-0.2, 0) is 6.18 Å². The SMILES string of the molecule is OC(c1cnc(C(F)(F)F)s1)C1CC1c1ccccc1. The third kappa shape index (κ3) is 2.58. The molecular formula is C14H12F3NOS. The fourth-order valence-electron chi connectivity index (χ4n) is 2.41. The van der Waals surface area contributed by atoms with Gasteiger partial charge in [-0.05, 0) is 23.8 Å². The first-order valence-electron chi connectivity index (χ1n) is 6.23. The Balaban J connectivity index is 1.72. The average Bonchev–Trinajstić information content (AvgIpc) is 3.05. The van der Waals surface area contributed by atoms with Crippen molar-refractivity contribution in [3.05, 3.63) is 52.0 Å². The van der Waals surface area contributed by atoms with Crippen molar-refractivity contribution in [1.82, 2.24) is 4.98 Å². The highest BCUT2D eigenvalue weighted by molar-refractivity contribution is 7.11. The summed E-state index contributed by atoms with van der Waals surface area (Å²) in [7, 11) is 0. The third-order valence-electron chi connectivity index (χ3n) is 3.53. The van der Waals surface area contributed by atoms with Crippen molar-refractivity contribution >= 4 is 11.3 Å². The van der Waals surface area contributed by atoms with Crippen LogP contribution in [0.4, 0.5) is 13.2 Å². The lowest BCUT2D eigenvalue weighted by atomic mass is 10.1. The van der Waals surface area contributed by atoms with Gasteiger partial charge in [0.1, 0.15) is 0 Å². The van der Waals surface area contributed by atoms with Gasteiger partial charge in [-0.2, -0.15) is 13.2 Å². The molecule has 1 aromatic carbocycles. The maximum absolute atomic E-state index is 12.5. The van der Waals surface area contributed by atoms with Gasteiger partial charge in [-0.3, -0.25) is 0 Å². The van der Waals surface area contributed by atoms with Crippen molar-refractivity contribution in [1.29, 1.82) is 0 Å². The van der Waals surface area contributed by atoms with E-state index in [0.717, 1.165) is 18.2 Å². The van der Waals surface area contributed by atoms with Crippen molar-refractivity contribution in [3.8, 4) is 0 Å². The molecule has 0 radical (unpaired) electrons. The Hall–Kier alpha value is -1.40. The highest BCUT2D eigenvalue weighted by Gasteiger charge is 2.45. The molecule has 1 aliphatic carbocycles. The predicted octanol–water partition coefficient (Wildman–Crippen LogP) is 4.00. The summed E-state index contributed by atoms with van der Waals surface area (Å²) in [5.41, 5.74) is 1.12. The molecule has 1 aromatic heterocycles. The van der Waals surface area contributed by atoms with E-state index < -0.39 is 17.3 Å². The number of hydrogen-bond donors (Lipinski definition) is 1. The minimum absolute atomic E-state index is 0.0149. The zero-order chi connectivity index (χ0) is 14.3. The summed E-state index contributed by atoms with van der Waals surface area (Å²) in [5.74, 6) is 0.210. The van der Waals surface area contributed by atoms with Crippen LogP contribution < -0.4 is 0 Å². The van der Waals surface area contributed by atoms with Gasteiger partial charge in [0.25, 0.3) is 0 Å². The molecule has 3 unspecified atom stereocenters. The van der Waals surface area contributed by atoms with Gasteiger partial charge in [0.05, 0.1) is 11.0 Å². The highest BCUT2D eigenvalue weighted by Crippen LogP contribution is 2.54. The standard InChI is InChI=1S/C14H12F3NOS/c15-14(16,17)13-18-7-11(20-13)12(19)10-6-9(10)8-4-2-1-3-5-8/h1-5,7,9-10,12,19H,6H2. The fraction of sp³-hybridized carbons (Fsp3) is 0.357. The van der Waals surface area contributed by atoms with Gasteiger partial charge in [0.15, 0.2) is 5.01 Å². The van der Waals surface area contributed by atoms with Crippen LogP contribution in [0, 0.1) is 5.92 Å². The van der Waals surface area contributed by atoms with E-state index in [4.69, 9.17) is 0 Å². The van der Waals surface area contributed by atoms with E-state index in [0.29, 0.717) is 16.2 Å². The molecule has 1 aliphatic rings. The third-order valence-corrected chi connectivity index (χ3v) is 4.64. The molecule has 0 saturated heterocycles. The quantitative estimate of drug-likeness (QED) is 0.929. The minimum Gasteiger partial charge on any atom is -0.387 e. The van der Waals surface area contributed by atoms with Crippen LogP contribution in [0.25, 0.3) is 0 Å². The van der Waals surface area contributed by atoms with Gasteiger partial charge in [0, 0.05) is 6.20 Å². The zero-order valence-corrected chi connectivity index (χ0v) is 11.2. The number of alkyl halides is 3. The molecule has 20 heavy (non-hydrogen) atoms. The molecule has 0 aliphatic heterocycles. The van der Waals surface area contributed by atoms with Gasteiger partial charge in [-0.15, -0.1) is 11.3 Å². The lowest BCUT2D eigenvalue weighted by molar-refractivity contribution is -0.137. The Kier molecular flexibility index (Phi) is 3.30. The molecule has 106 valence electrons. The number of aliphatic hydroxyl groups is 1. The molecule has 0 bridgehead atoms. The summed E-state index contributed by atoms with van der Waals surface area (Å²) in [5, 5.41) is 9.27. The van der Waals surface area contributed by atoms with Crippen molar-refractivity contribution < 1.29 is 18.3 Å². The molecule has 0 amide bonds. The topological polar surface area (TPSA) is 33.1 Å². The first kappa shape index (κ1) is 13.6. The normalized spacial score (nSPS) is 23.6. The van der Waals surface area contributed by atoms with Gasteiger partial charge in [0.2, 0.25) is 0 Å². The van der Waals surface area contributed by atoms with Crippen molar-refractivity contribution in [2.75, 3.05) is 0 Å². The largest absolute Gasteiger partial charge is 0.443 e. The number of benzene rings is 1. The average molecular weight is 299 g/mol. The van der Waals surface area contributed by atoms with Crippen LogP contribution in [0.3, 0.4) is 0 Å². The van der Waals surface area contributed by atoms with E-state index in [-0.39, 0.29) is 11.8 Å². The summed E-state index contributed by atoms with van der Waals surface area (Å²) in [6, 6.07) is 9.71. The van der Waals surface area contributed by atoms with E-state index in [2.05, 4.69) is 4.98 Å². The smallest absolute Gasteiger partial charge is 0.387 e. The minimum atomic E-state index is -4.44. The van der Waals surface area contributed by atoms with Crippen LogP contribution in [0.1, 0.15) is 33.9 Å². The Morgan fingerprint density at radius 1 is 1.25 bits per heavy atom. The lowest BCUT2D eigenvalue weighted by Gasteiger charge is -2.07. The molecule has 2 aromatic rings. The Morgan fingerprint density at radius 2 is 1.95 bits per heavy atom. The number of thiazole rings is 1. The zero-order valence-electron chi connectivity index (χ0n) is 10.3. The number of hydrogen-bond acceptors (Lipinski definition) is 3. The first-order valence-corrected chi connectivity index (χ1v) is 7.04. The van der Waals surface area contributed by atoms with E-state index in [1.54, 1.807) is 0 Å². The van der Waals surface area contributed by atoms with Crippen LogP contribution in [0.2, 0.25) is 0 Å². The maximum Gasteiger partial charge on any atom is 0.443 e. The molecule has 1 fully saturated rings. The van der Waals surface area contributed by atoms with E-state index in [9.17, 15) is 18.3 Å². The Bertz CT molecular complexity index is 596. The van der Waals surface area contributed by atoms with Gasteiger partial charge < -0.3 is 5.11 Å². The summed E-state index contributed by atoms with van der Waals surface area (Å²) in [4.78, 5) is 3.64.